The first-order valence-electron chi connectivity index (χ1n) is 9.76. The van der Waals surface area contributed by atoms with Gasteiger partial charge < -0.3 is 18.9 Å². The smallest absolute Gasteiger partial charge is 0.466 e. The van der Waals surface area contributed by atoms with Crippen LogP contribution in [0.1, 0.15) is 57.9 Å². The quantitative estimate of drug-likeness (QED) is 0.282. The number of esters is 2. The fourth-order valence-electron chi connectivity index (χ4n) is 2.15. The van der Waals surface area contributed by atoms with Gasteiger partial charge in [0.05, 0.1) is 13.2 Å². The molecule has 7 heteroatoms. The van der Waals surface area contributed by atoms with Gasteiger partial charge in [-0.2, -0.15) is 0 Å². The summed E-state index contributed by atoms with van der Waals surface area (Å²) in [7, 11) is 0. The van der Waals surface area contributed by atoms with Gasteiger partial charge >= 0.3 is 18.1 Å². The Morgan fingerprint density at radius 2 is 1.54 bits per heavy atom. The predicted octanol–water partition coefficient (Wildman–Crippen LogP) is 4.18. The van der Waals surface area contributed by atoms with Crippen LogP contribution in [0.25, 0.3) is 0 Å². The molecule has 0 fully saturated rings. The van der Waals surface area contributed by atoms with Crippen molar-refractivity contribution in [1.29, 1.82) is 0 Å². The summed E-state index contributed by atoms with van der Waals surface area (Å²) in [5, 5.41) is 0. The van der Waals surface area contributed by atoms with Gasteiger partial charge in [-0.3, -0.25) is 4.79 Å². The van der Waals surface area contributed by atoms with E-state index in [0.29, 0.717) is 13.0 Å². The molecule has 0 heterocycles. The van der Waals surface area contributed by atoms with E-state index < -0.39 is 24.2 Å². The molecule has 1 rings (SSSR count). The molecule has 28 heavy (non-hydrogen) atoms. The van der Waals surface area contributed by atoms with Crippen LogP contribution in [0.4, 0.5) is 4.79 Å². The van der Waals surface area contributed by atoms with Crippen LogP contribution in [0.5, 0.6) is 0 Å². The summed E-state index contributed by atoms with van der Waals surface area (Å²) in [6.07, 6.45) is 0.989. The Bertz CT molecular complexity index is 586. The van der Waals surface area contributed by atoms with Crippen molar-refractivity contribution in [2.75, 3.05) is 13.2 Å². The second-order valence-corrected chi connectivity index (χ2v) is 6.26. The van der Waals surface area contributed by atoms with Crippen LogP contribution in [0.3, 0.4) is 0 Å². The van der Waals surface area contributed by atoms with Crippen molar-refractivity contribution in [3.05, 3.63) is 35.9 Å². The SMILES string of the molecule is CCCCOC(=O)CCC(OC(=O)OCc1ccccc1)C(=O)OCCCC. The van der Waals surface area contributed by atoms with Crippen LogP contribution in [0.2, 0.25) is 0 Å². The lowest BCUT2D eigenvalue weighted by atomic mass is 10.2. The molecule has 0 aliphatic carbocycles. The maximum absolute atomic E-state index is 12.2. The minimum atomic E-state index is -1.21. The lowest BCUT2D eigenvalue weighted by Gasteiger charge is -2.16. The summed E-state index contributed by atoms with van der Waals surface area (Å²) < 4.78 is 20.3. The number of rotatable bonds is 13. The molecule has 1 atom stereocenters. The molecule has 1 aromatic carbocycles. The van der Waals surface area contributed by atoms with Crippen LogP contribution in [0, 0.1) is 0 Å². The highest BCUT2D eigenvalue weighted by molar-refractivity contribution is 5.78. The largest absolute Gasteiger partial charge is 0.509 e. The van der Waals surface area contributed by atoms with E-state index in [1.165, 1.54) is 0 Å². The van der Waals surface area contributed by atoms with Crippen molar-refractivity contribution in [2.45, 2.75) is 65.1 Å². The van der Waals surface area contributed by atoms with E-state index in [1.54, 1.807) is 12.1 Å². The number of ether oxygens (including phenoxy) is 4. The van der Waals surface area contributed by atoms with Gasteiger partial charge in [0, 0.05) is 12.8 Å². The normalized spacial score (nSPS) is 11.4. The molecule has 0 N–H and O–H groups in total. The standard InChI is InChI=1S/C21H30O7/c1-3-5-14-25-19(22)13-12-18(20(23)26-15-6-4-2)28-21(24)27-16-17-10-8-7-9-11-17/h7-11,18H,3-6,12-16H2,1-2H3. The Labute approximate surface area is 166 Å². The van der Waals surface area contributed by atoms with Gasteiger partial charge in [-0.15, -0.1) is 0 Å². The van der Waals surface area contributed by atoms with E-state index in [4.69, 9.17) is 18.9 Å². The van der Waals surface area contributed by atoms with E-state index >= 15 is 0 Å². The molecule has 156 valence electrons. The Kier molecular flexibility index (Phi) is 12.1. The van der Waals surface area contributed by atoms with E-state index in [1.807, 2.05) is 32.0 Å². The van der Waals surface area contributed by atoms with Crippen molar-refractivity contribution in [2.24, 2.45) is 0 Å². The fraction of sp³-hybridized carbons (Fsp3) is 0.571. The third-order valence-corrected chi connectivity index (χ3v) is 3.81. The van der Waals surface area contributed by atoms with Gasteiger partial charge in [0.2, 0.25) is 6.10 Å². The first kappa shape index (κ1) is 23.5. The average molecular weight is 394 g/mol. The maximum atomic E-state index is 12.2. The molecule has 0 aliphatic rings. The van der Waals surface area contributed by atoms with Gasteiger partial charge in [-0.25, -0.2) is 9.59 Å². The molecule has 0 bridgehead atoms. The molecular formula is C21H30O7. The minimum Gasteiger partial charge on any atom is -0.466 e. The van der Waals surface area contributed by atoms with Crippen LogP contribution in [-0.4, -0.2) is 37.4 Å². The van der Waals surface area contributed by atoms with Gasteiger partial charge in [-0.1, -0.05) is 57.0 Å². The third-order valence-electron chi connectivity index (χ3n) is 3.81. The van der Waals surface area contributed by atoms with Gasteiger partial charge in [0.15, 0.2) is 0 Å². The molecule has 7 nitrogen and oxygen atoms in total. The zero-order valence-electron chi connectivity index (χ0n) is 16.7. The van der Waals surface area contributed by atoms with E-state index in [2.05, 4.69) is 0 Å². The summed E-state index contributed by atoms with van der Waals surface area (Å²) in [4.78, 5) is 35.9. The number of unbranched alkanes of at least 4 members (excludes halogenated alkanes) is 2. The maximum Gasteiger partial charge on any atom is 0.509 e. The molecule has 0 saturated heterocycles. The second-order valence-electron chi connectivity index (χ2n) is 6.26. The highest BCUT2D eigenvalue weighted by atomic mass is 16.7. The summed E-state index contributed by atoms with van der Waals surface area (Å²) in [5.41, 5.74) is 0.793. The molecule has 0 spiro atoms. The first-order valence-corrected chi connectivity index (χ1v) is 9.76. The Hall–Kier alpha value is -2.57. The van der Waals surface area contributed by atoms with Crippen molar-refractivity contribution < 1.29 is 33.3 Å². The molecule has 0 amide bonds. The molecular weight excluding hydrogens is 364 g/mol. The number of hydrogen-bond donors (Lipinski definition) is 0. The van der Waals surface area contributed by atoms with Crippen molar-refractivity contribution >= 4 is 18.1 Å². The minimum absolute atomic E-state index is 0.0175. The molecule has 1 unspecified atom stereocenters. The Morgan fingerprint density at radius 1 is 0.893 bits per heavy atom. The zero-order chi connectivity index (χ0) is 20.6. The first-order chi connectivity index (χ1) is 13.6. The number of carbonyl (C=O) groups excluding carboxylic acids is 3. The second kappa shape index (κ2) is 14.5. The van der Waals surface area contributed by atoms with Crippen LogP contribution in [-0.2, 0) is 35.1 Å². The highest BCUT2D eigenvalue weighted by Crippen LogP contribution is 2.10. The van der Waals surface area contributed by atoms with Gasteiger partial charge in [-0.05, 0) is 18.4 Å². The molecule has 0 aliphatic heterocycles. The van der Waals surface area contributed by atoms with Crippen LogP contribution in [0.15, 0.2) is 30.3 Å². The topological polar surface area (TPSA) is 88.1 Å². The molecule has 0 aromatic heterocycles. The highest BCUT2D eigenvalue weighted by Gasteiger charge is 2.26. The third kappa shape index (κ3) is 10.5. The lowest BCUT2D eigenvalue weighted by molar-refractivity contribution is -0.156. The van der Waals surface area contributed by atoms with E-state index in [-0.39, 0.29) is 26.1 Å². The van der Waals surface area contributed by atoms with E-state index in [9.17, 15) is 14.4 Å². The Balaban J connectivity index is 2.52. The summed E-state index contributed by atoms with van der Waals surface area (Å²) in [5.74, 6) is -1.13. The van der Waals surface area contributed by atoms with Crippen LogP contribution < -0.4 is 0 Å². The predicted molar refractivity (Wildman–Crippen MR) is 102 cm³/mol. The van der Waals surface area contributed by atoms with E-state index in [0.717, 1.165) is 24.8 Å². The number of benzene rings is 1. The monoisotopic (exact) mass is 394 g/mol. The summed E-state index contributed by atoms with van der Waals surface area (Å²) >= 11 is 0. The summed E-state index contributed by atoms with van der Waals surface area (Å²) in [6.45, 7) is 4.55. The summed E-state index contributed by atoms with van der Waals surface area (Å²) in [6, 6.07) is 9.10. The molecule has 0 radical (unpaired) electrons. The van der Waals surface area contributed by atoms with Crippen LogP contribution >= 0.6 is 0 Å². The lowest BCUT2D eigenvalue weighted by Crippen LogP contribution is -2.30. The van der Waals surface area contributed by atoms with Gasteiger partial charge in [0.25, 0.3) is 0 Å². The number of carbonyl (C=O) groups is 3. The Morgan fingerprint density at radius 3 is 2.18 bits per heavy atom. The molecule has 1 aromatic rings. The zero-order valence-corrected chi connectivity index (χ0v) is 16.7. The molecule has 0 saturated carbocycles. The van der Waals surface area contributed by atoms with Crippen molar-refractivity contribution in [3.8, 4) is 0 Å². The fourth-order valence-corrected chi connectivity index (χ4v) is 2.15. The average Bonchev–Trinajstić information content (AvgIpc) is 2.70. The van der Waals surface area contributed by atoms with Crippen molar-refractivity contribution in [3.63, 3.8) is 0 Å². The van der Waals surface area contributed by atoms with Crippen molar-refractivity contribution in [1.82, 2.24) is 0 Å². The number of hydrogen-bond acceptors (Lipinski definition) is 7. The van der Waals surface area contributed by atoms with Gasteiger partial charge in [0.1, 0.15) is 6.61 Å².